The molecule has 0 radical (unpaired) electrons. The lowest BCUT2D eigenvalue weighted by atomic mass is 10.0. The van der Waals surface area contributed by atoms with Crippen LogP contribution in [0.2, 0.25) is 0 Å². The molecule has 0 unspecified atom stereocenters. The molecule has 0 N–H and O–H groups in total. The summed E-state index contributed by atoms with van der Waals surface area (Å²) >= 11 is 0. The number of carbonyl (C=O) groups excluding carboxylic acids is 1. The quantitative estimate of drug-likeness (QED) is 0.668. The van der Waals surface area contributed by atoms with Crippen molar-refractivity contribution in [3.63, 3.8) is 0 Å². The summed E-state index contributed by atoms with van der Waals surface area (Å²) in [7, 11) is 0. The van der Waals surface area contributed by atoms with Crippen molar-refractivity contribution >= 4 is 5.97 Å². The summed E-state index contributed by atoms with van der Waals surface area (Å²) in [4.78, 5) is 11.5. The first kappa shape index (κ1) is 13.8. The van der Waals surface area contributed by atoms with Crippen LogP contribution in [0.5, 0.6) is 0 Å². The Morgan fingerprint density at radius 3 is 2.59 bits per heavy atom. The van der Waals surface area contributed by atoms with E-state index >= 15 is 0 Å². The van der Waals surface area contributed by atoms with Crippen molar-refractivity contribution in [3.05, 3.63) is 35.9 Å². The van der Waals surface area contributed by atoms with Crippen molar-refractivity contribution in [2.45, 2.75) is 46.1 Å². The summed E-state index contributed by atoms with van der Waals surface area (Å²) in [6.45, 7) is 4.75. The van der Waals surface area contributed by atoms with Crippen LogP contribution in [0.25, 0.3) is 0 Å². The molecule has 0 aliphatic carbocycles. The van der Waals surface area contributed by atoms with Gasteiger partial charge in [-0.2, -0.15) is 0 Å². The fourth-order valence-corrected chi connectivity index (χ4v) is 1.81. The average molecular weight is 234 g/mol. The second-order valence-electron chi connectivity index (χ2n) is 4.58. The van der Waals surface area contributed by atoms with Crippen LogP contribution in [0.15, 0.2) is 30.3 Å². The molecular formula is C15H22O2. The molecule has 0 spiro atoms. The first-order chi connectivity index (χ1) is 8.22. The fraction of sp³-hybridized carbons (Fsp3) is 0.533. The zero-order valence-electron chi connectivity index (χ0n) is 10.8. The van der Waals surface area contributed by atoms with Gasteiger partial charge in [0.1, 0.15) is 6.61 Å². The average Bonchev–Trinajstić information content (AvgIpc) is 2.35. The van der Waals surface area contributed by atoms with Gasteiger partial charge < -0.3 is 4.74 Å². The Morgan fingerprint density at radius 1 is 1.24 bits per heavy atom. The van der Waals surface area contributed by atoms with Crippen molar-refractivity contribution in [3.8, 4) is 0 Å². The number of rotatable bonds is 7. The van der Waals surface area contributed by atoms with E-state index in [1.807, 2.05) is 30.3 Å². The van der Waals surface area contributed by atoms with Gasteiger partial charge in [-0.15, -0.1) is 0 Å². The van der Waals surface area contributed by atoms with E-state index in [0.29, 0.717) is 18.9 Å². The Morgan fingerprint density at radius 2 is 1.94 bits per heavy atom. The number of hydrogen-bond acceptors (Lipinski definition) is 2. The SMILES string of the molecule is CCC[C@H](C)CCC(=O)OCc1ccccc1. The molecule has 1 aromatic carbocycles. The van der Waals surface area contributed by atoms with Gasteiger partial charge in [0.15, 0.2) is 0 Å². The van der Waals surface area contributed by atoms with Gasteiger partial charge in [-0.1, -0.05) is 57.0 Å². The summed E-state index contributed by atoms with van der Waals surface area (Å²) < 4.78 is 5.22. The number of esters is 1. The van der Waals surface area contributed by atoms with E-state index in [-0.39, 0.29) is 5.97 Å². The van der Waals surface area contributed by atoms with Gasteiger partial charge in [-0.05, 0) is 17.9 Å². The van der Waals surface area contributed by atoms with Crippen molar-refractivity contribution in [2.24, 2.45) is 5.92 Å². The maximum Gasteiger partial charge on any atom is 0.306 e. The second-order valence-corrected chi connectivity index (χ2v) is 4.58. The molecule has 2 heteroatoms. The third-order valence-corrected chi connectivity index (χ3v) is 2.87. The number of hydrogen-bond donors (Lipinski definition) is 0. The van der Waals surface area contributed by atoms with Crippen LogP contribution in [-0.4, -0.2) is 5.97 Å². The topological polar surface area (TPSA) is 26.3 Å². The van der Waals surface area contributed by atoms with Crippen molar-refractivity contribution in [1.82, 2.24) is 0 Å². The van der Waals surface area contributed by atoms with Crippen LogP contribution < -0.4 is 0 Å². The smallest absolute Gasteiger partial charge is 0.306 e. The molecule has 1 atom stereocenters. The molecule has 0 aliphatic rings. The van der Waals surface area contributed by atoms with Gasteiger partial charge in [-0.3, -0.25) is 4.79 Å². The molecule has 1 aromatic rings. The van der Waals surface area contributed by atoms with Gasteiger partial charge in [0, 0.05) is 6.42 Å². The molecule has 2 nitrogen and oxygen atoms in total. The van der Waals surface area contributed by atoms with Crippen LogP contribution in [-0.2, 0) is 16.1 Å². The van der Waals surface area contributed by atoms with E-state index in [0.717, 1.165) is 12.0 Å². The van der Waals surface area contributed by atoms with Crippen LogP contribution in [0.3, 0.4) is 0 Å². The standard InChI is InChI=1S/C15H22O2/c1-3-7-13(2)10-11-15(16)17-12-14-8-5-4-6-9-14/h4-6,8-9,13H,3,7,10-12H2,1-2H3/t13-/m0/s1. The third kappa shape index (κ3) is 6.10. The molecule has 94 valence electrons. The van der Waals surface area contributed by atoms with Gasteiger partial charge in [0.25, 0.3) is 0 Å². The van der Waals surface area contributed by atoms with E-state index < -0.39 is 0 Å². The molecule has 0 amide bonds. The summed E-state index contributed by atoms with van der Waals surface area (Å²) in [5.74, 6) is 0.529. The highest BCUT2D eigenvalue weighted by atomic mass is 16.5. The molecule has 0 aliphatic heterocycles. The van der Waals surface area contributed by atoms with Crippen LogP contribution in [0.4, 0.5) is 0 Å². The van der Waals surface area contributed by atoms with E-state index in [1.54, 1.807) is 0 Å². The zero-order chi connectivity index (χ0) is 12.5. The van der Waals surface area contributed by atoms with Gasteiger partial charge in [0.05, 0.1) is 0 Å². The Kier molecular flexibility index (Phi) is 6.38. The van der Waals surface area contributed by atoms with Crippen LogP contribution >= 0.6 is 0 Å². The summed E-state index contributed by atoms with van der Waals surface area (Å²) in [6, 6.07) is 9.79. The molecule has 0 bridgehead atoms. The molecule has 0 saturated carbocycles. The van der Waals surface area contributed by atoms with E-state index in [9.17, 15) is 4.79 Å². The van der Waals surface area contributed by atoms with E-state index in [4.69, 9.17) is 4.74 Å². The minimum absolute atomic E-state index is 0.0863. The lowest BCUT2D eigenvalue weighted by molar-refractivity contribution is -0.145. The van der Waals surface area contributed by atoms with Gasteiger partial charge >= 0.3 is 5.97 Å². The molecule has 0 heterocycles. The number of ether oxygens (including phenoxy) is 1. The van der Waals surface area contributed by atoms with Crippen molar-refractivity contribution in [1.29, 1.82) is 0 Å². The lowest BCUT2D eigenvalue weighted by Crippen LogP contribution is -2.06. The highest BCUT2D eigenvalue weighted by Gasteiger charge is 2.07. The van der Waals surface area contributed by atoms with Gasteiger partial charge in [0.2, 0.25) is 0 Å². The normalized spacial score (nSPS) is 12.1. The number of benzene rings is 1. The van der Waals surface area contributed by atoms with Crippen LogP contribution in [0.1, 0.15) is 45.1 Å². The summed E-state index contributed by atoms with van der Waals surface area (Å²) in [6.07, 6.45) is 3.83. The predicted molar refractivity (Wildman–Crippen MR) is 69.5 cm³/mol. The maximum atomic E-state index is 11.5. The van der Waals surface area contributed by atoms with Crippen molar-refractivity contribution in [2.75, 3.05) is 0 Å². The lowest BCUT2D eigenvalue weighted by Gasteiger charge is -2.09. The van der Waals surface area contributed by atoms with E-state index in [2.05, 4.69) is 13.8 Å². The monoisotopic (exact) mass is 234 g/mol. The largest absolute Gasteiger partial charge is 0.461 e. The fourth-order valence-electron chi connectivity index (χ4n) is 1.81. The summed E-state index contributed by atoms with van der Waals surface area (Å²) in [5.41, 5.74) is 1.04. The molecule has 1 rings (SSSR count). The highest BCUT2D eigenvalue weighted by molar-refractivity contribution is 5.69. The third-order valence-electron chi connectivity index (χ3n) is 2.87. The molecular weight excluding hydrogens is 212 g/mol. The zero-order valence-corrected chi connectivity index (χ0v) is 10.8. The first-order valence-corrected chi connectivity index (χ1v) is 6.42. The Hall–Kier alpha value is -1.31. The van der Waals surface area contributed by atoms with Crippen LogP contribution in [0, 0.1) is 5.92 Å². The highest BCUT2D eigenvalue weighted by Crippen LogP contribution is 2.13. The Labute approximate surface area is 104 Å². The van der Waals surface area contributed by atoms with Gasteiger partial charge in [-0.25, -0.2) is 0 Å². The first-order valence-electron chi connectivity index (χ1n) is 6.42. The summed E-state index contributed by atoms with van der Waals surface area (Å²) in [5, 5.41) is 0. The second kappa shape index (κ2) is 7.88. The molecule has 0 aromatic heterocycles. The Balaban J connectivity index is 2.17. The maximum absolute atomic E-state index is 11.5. The number of carbonyl (C=O) groups is 1. The minimum atomic E-state index is -0.0863. The van der Waals surface area contributed by atoms with E-state index in [1.165, 1.54) is 12.8 Å². The molecule has 0 saturated heterocycles. The van der Waals surface area contributed by atoms with Crippen molar-refractivity contribution < 1.29 is 9.53 Å². The molecule has 17 heavy (non-hydrogen) atoms. The minimum Gasteiger partial charge on any atom is -0.461 e. The molecule has 0 fully saturated rings. The Bertz CT molecular complexity index is 319. The predicted octanol–water partition coefficient (Wildman–Crippen LogP) is 3.95.